The molecule has 2 N–H and O–H groups in total. The summed E-state index contributed by atoms with van der Waals surface area (Å²) in [6, 6.07) is 1.47. The van der Waals surface area contributed by atoms with Crippen LogP contribution in [-0.4, -0.2) is 30.1 Å². The number of piperidine rings is 1. The molecule has 0 aromatic rings. The Balaban J connectivity index is 2.52. The molecule has 1 heterocycles. The Hall–Kier alpha value is -0.0800. The quantitative estimate of drug-likeness (QED) is 0.733. The smallest absolute Gasteiger partial charge is 0.0221 e. The molecule has 2 nitrogen and oxygen atoms in total. The zero-order valence-corrected chi connectivity index (χ0v) is 10.5. The van der Waals surface area contributed by atoms with Crippen LogP contribution in [0.5, 0.6) is 0 Å². The Morgan fingerprint density at radius 2 is 2.07 bits per heavy atom. The molecule has 0 spiro atoms. The van der Waals surface area contributed by atoms with Gasteiger partial charge in [-0.05, 0) is 32.2 Å². The first kappa shape index (κ1) is 13.0. The van der Waals surface area contributed by atoms with Gasteiger partial charge in [-0.15, -0.1) is 0 Å². The lowest BCUT2D eigenvalue weighted by atomic mass is 9.95. The predicted octanol–water partition coefficient (Wildman–Crippen LogP) is 2.77. The van der Waals surface area contributed by atoms with E-state index in [0.29, 0.717) is 6.04 Å². The summed E-state index contributed by atoms with van der Waals surface area (Å²) in [5.41, 5.74) is 5.91. The number of hydrogen-bond acceptors (Lipinski definition) is 2. The molecule has 0 aromatic heterocycles. The standard InChI is InChI=1S/C13H28N2/c1-3-7-12-9-5-6-10-15(12)13(11-14)8-4-2/h12-13H,3-11,14H2,1-2H3. The Bertz CT molecular complexity index is 148. The summed E-state index contributed by atoms with van der Waals surface area (Å²) in [4.78, 5) is 2.70. The van der Waals surface area contributed by atoms with Crippen molar-refractivity contribution in [3.05, 3.63) is 0 Å². The molecular formula is C13H28N2. The second kappa shape index (κ2) is 7.24. The van der Waals surface area contributed by atoms with Crippen molar-refractivity contribution in [1.29, 1.82) is 0 Å². The number of likely N-dealkylation sites (tertiary alicyclic amines) is 1. The normalized spacial score (nSPS) is 25.4. The van der Waals surface area contributed by atoms with Crippen LogP contribution >= 0.6 is 0 Å². The zero-order chi connectivity index (χ0) is 11.1. The third-order valence-corrected chi connectivity index (χ3v) is 3.66. The first-order valence-corrected chi connectivity index (χ1v) is 6.79. The van der Waals surface area contributed by atoms with Gasteiger partial charge in [0.15, 0.2) is 0 Å². The van der Waals surface area contributed by atoms with Gasteiger partial charge in [-0.25, -0.2) is 0 Å². The van der Waals surface area contributed by atoms with Crippen LogP contribution in [0.3, 0.4) is 0 Å². The molecule has 2 unspecified atom stereocenters. The number of rotatable bonds is 6. The first-order valence-electron chi connectivity index (χ1n) is 6.79. The minimum Gasteiger partial charge on any atom is -0.329 e. The molecule has 0 aromatic carbocycles. The van der Waals surface area contributed by atoms with E-state index in [1.165, 1.54) is 51.5 Å². The van der Waals surface area contributed by atoms with Gasteiger partial charge in [0.2, 0.25) is 0 Å². The molecule has 15 heavy (non-hydrogen) atoms. The molecule has 1 aliphatic rings. The maximum Gasteiger partial charge on any atom is 0.0221 e. The highest BCUT2D eigenvalue weighted by Crippen LogP contribution is 2.24. The van der Waals surface area contributed by atoms with Crippen molar-refractivity contribution < 1.29 is 0 Å². The summed E-state index contributed by atoms with van der Waals surface area (Å²) in [6.45, 7) is 6.69. The highest BCUT2D eigenvalue weighted by molar-refractivity contribution is 4.83. The molecule has 1 aliphatic heterocycles. The first-order chi connectivity index (χ1) is 7.33. The van der Waals surface area contributed by atoms with E-state index in [1.807, 2.05) is 0 Å². The van der Waals surface area contributed by atoms with Crippen molar-refractivity contribution in [3.63, 3.8) is 0 Å². The Morgan fingerprint density at radius 3 is 2.67 bits per heavy atom. The summed E-state index contributed by atoms with van der Waals surface area (Å²) >= 11 is 0. The molecule has 2 heteroatoms. The highest BCUT2D eigenvalue weighted by Gasteiger charge is 2.26. The molecule has 90 valence electrons. The fourth-order valence-electron chi connectivity index (χ4n) is 2.90. The van der Waals surface area contributed by atoms with E-state index < -0.39 is 0 Å². The maximum absolute atomic E-state index is 5.91. The van der Waals surface area contributed by atoms with E-state index in [9.17, 15) is 0 Å². The molecular weight excluding hydrogens is 184 g/mol. The van der Waals surface area contributed by atoms with Gasteiger partial charge in [-0.2, -0.15) is 0 Å². The zero-order valence-electron chi connectivity index (χ0n) is 10.5. The fraction of sp³-hybridized carbons (Fsp3) is 1.00. The van der Waals surface area contributed by atoms with E-state index in [4.69, 9.17) is 5.73 Å². The van der Waals surface area contributed by atoms with E-state index in [2.05, 4.69) is 18.7 Å². The van der Waals surface area contributed by atoms with Crippen molar-refractivity contribution in [2.45, 2.75) is 70.9 Å². The molecule has 0 radical (unpaired) electrons. The van der Waals surface area contributed by atoms with Crippen molar-refractivity contribution in [2.24, 2.45) is 5.73 Å². The number of hydrogen-bond donors (Lipinski definition) is 1. The predicted molar refractivity (Wildman–Crippen MR) is 67.0 cm³/mol. The van der Waals surface area contributed by atoms with Gasteiger partial charge in [0.25, 0.3) is 0 Å². The van der Waals surface area contributed by atoms with Gasteiger partial charge in [-0.3, -0.25) is 4.90 Å². The van der Waals surface area contributed by atoms with E-state index in [-0.39, 0.29) is 0 Å². The van der Waals surface area contributed by atoms with Crippen LogP contribution in [-0.2, 0) is 0 Å². The third-order valence-electron chi connectivity index (χ3n) is 3.66. The summed E-state index contributed by atoms with van der Waals surface area (Å²) < 4.78 is 0. The second-order valence-corrected chi connectivity index (χ2v) is 4.85. The van der Waals surface area contributed by atoms with Crippen molar-refractivity contribution in [2.75, 3.05) is 13.1 Å². The van der Waals surface area contributed by atoms with Gasteiger partial charge in [0.1, 0.15) is 0 Å². The lowest BCUT2D eigenvalue weighted by Crippen LogP contribution is -2.49. The van der Waals surface area contributed by atoms with E-state index >= 15 is 0 Å². The largest absolute Gasteiger partial charge is 0.329 e. The Morgan fingerprint density at radius 1 is 1.27 bits per heavy atom. The maximum atomic E-state index is 5.91. The summed E-state index contributed by atoms with van der Waals surface area (Å²) in [5.74, 6) is 0. The summed E-state index contributed by atoms with van der Waals surface area (Å²) in [6.07, 6.45) is 9.40. The monoisotopic (exact) mass is 212 g/mol. The van der Waals surface area contributed by atoms with Gasteiger partial charge >= 0.3 is 0 Å². The lowest BCUT2D eigenvalue weighted by molar-refractivity contribution is 0.0864. The average Bonchev–Trinajstić information content (AvgIpc) is 2.27. The lowest BCUT2D eigenvalue weighted by Gasteiger charge is -2.41. The van der Waals surface area contributed by atoms with Crippen LogP contribution < -0.4 is 5.73 Å². The minimum atomic E-state index is 0.645. The van der Waals surface area contributed by atoms with Crippen LogP contribution in [0.15, 0.2) is 0 Å². The molecule has 0 amide bonds. The summed E-state index contributed by atoms with van der Waals surface area (Å²) in [7, 11) is 0. The van der Waals surface area contributed by atoms with Gasteiger partial charge in [0, 0.05) is 18.6 Å². The van der Waals surface area contributed by atoms with Crippen molar-refractivity contribution in [3.8, 4) is 0 Å². The molecule has 0 bridgehead atoms. The Kier molecular flexibility index (Phi) is 6.26. The minimum absolute atomic E-state index is 0.645. The van der Waals surface area contributed by atoms with E-state index in [1.54, 1.807) is 0 Å². The van der Waals surface area contributed by atoms with Crippen molar-refractivity contribution in [1.82, 2.24) is 4.90 Å². The van der Waals surface area contributed by atoms with Crippen LogP contribution in [0, 0.1) is 0 Å². The molecule has 0 aliphatic carbocycles. The molecule has 1 fully saturated rings. The highest BCUT2D eigenvalue weighted by atomic mass is 15.2. The number of nitrogens with zero attached hydrogens (tertiary/aromatic N) is 1. The van der Waals surface area contributed by atoms with Gasteiger partial charge in [0.05, 0.1) is 0 Å². The van der Waals surface area contributed by atoms with Gasteiger partial charge in [-0.1, -0.05) is 33.1 Å². The molecule has 2 atom stereocenters. The SMILES string of the molecule is CCCC(CN)N1CCCCC1CCC. The van der Waals surface area contributed by atoms with E-state index in [0.717, 1.165) is 12.6 Å². The van der Waals surface area contributed by atoms with Crippen molar-refractivity contribution >= 4 is 0 Å². The topological polar surface area (TPSA) is 29.3 Å². The number of nitrogens with two attached hydrogens (primary N) is 1. The van der Waals surface area contributed by atoms with Crippen LogP contribution in [0.2, 0.25) is 0 Å². The second-order valence-electron chi connectivity index (χ2n) is 4.85. The van der Waals surface area contributed by atoms with Crippen LogP contribution in [0.1, 0.15) is 58.8 Å². The van der Waals surface area contributed by atoms with Crippen LogP contribution in [0.4, 0.5) is 0 Å². The molecule has 0 saturated carbocycles. The molecule has 1 saturated heterocycles. The van der Waals surface area contributed by atoms with Gasteiger partial charge < -0.3 is 5.73 Å². The third kappa shape index (κ3) is 3.76. The Labute approximate surface area is 95.2 Å². The average molecular weight is 212 g/mol. The fourth-order valence-corrected chi connectivity index (χ4v) is 2.90. The molecule has 1 rings (SSSR count). The summed E-state index contributed by atoms with van der Waals surface area (Å²) in [5, 5.41) is 0. The van der Waals surface area contributed by atoms with Crippen LogP contribution in [0.25, 0.3) is 0 Å².